The van der Waals surface area contributed by atoms with Crippen molar-refractivity contribution in [1.29, 1.82) is 0 Å². The molecule has 2 heterocycles. The van der Waals surface area contributed by atoms with Gasteiger partial charge in [-0.3, -0.25) is 4.79 Å². The van der Waals surface area contributed by atoms with E-state index in [4.69, 9.17) is 16.3 Å². The van der Waals surface area contributed by atoms with Gasteiger partial charge < -0.3 is 10.1 Å². The van der Waals surface area contributed by atoms with Gasteiger partial charge in [-0.05, 0) is 19.9 Å². The van der Waals surface area contributed by atoms with E-state index < -0.39 is 11.2 Å². The fraction of sp³-hybridized carbons (Fsp3) is 0.375. The summed E-state index contributed by atoms with van der Waals surface area (Å²) in [5.41, 5.74) is 0.146. The van der Waals surface area contributed by atoms with Crippen LogP contribution in [0.5, 0.6) is 0 Å². The van der Waals surface area contributed by atoms with Crippen LogP contribution in [0.2, 0.25) is 5.02 Å². The lowest BCUT2D eigenvalue weighted by molar-refractivity contribution is -0.120. The van der Waals surface area contributed by atoms with Gasteiger partial charge >= 0.3 is 0 Å². The number of hydrogen-bond acceptors (Lipinski definition) is 4. The first-order valence-electron chi connectivity index (χ1n) is 7.22. The van der Waals surface area contributed by atoms with Crippen LogP contribution < -0.4 is 5.32 Å². The third-order valence-corrected chi connectivity index (χ3v) is 5.19. The number of fused-ring (bicyclic) bond motifs is 1. The fourth-order valence-electron chi connectivity index (χ4n) is 2.44. The van der Waals surface area contributed by atoms with Gasteiger partial charge in [0, 0.05) is 12.0 Å². The first-order valence-corrected chi connectivity index (χ1v) is 8.41. The van der Waals surface area contributed by atoms with Gasteiger partial charge in [0.15, 0.2) is 5.13 Å². The average molecular weight is 355 g/mol. The predicted molar refractivity (Wildman–Crippen MR) is 88.5 cm³/mol. The van der Waals surface area contributed by atoms with Gasteiger partial charge in [0.25, 0.3) is 0 Å². The van der Waals surface area contributed by atoms with E-state index in [1.807, 2.05) is 0 Å². The largest absolute Gasteiger partial charge is 0.375 e. The third kappa shape index (κ3) is 3.11. The van der Waals surface area contributed by atoms with Crippen molar-refractivity contribution >= 4 is 34.0 Å². The maximum absolute atomic E-state index is 14.2. The summed E-state index contributed by atoms with van der Waals surface area (Å²) in [5.74, 6) is -0.896. The van der Waals surface area contributed by atoms with Crippen LogP contribution in [0, 0.1) is 5.82 Å². The Kier molecular flexibility index (Phi) is 4.40. The second-order valence-electron chi connectivity index (χ2n) is 5.87. The molecule has 1 aliphatic rings. The predicted octanol–water partition coefficient (Wildman–Crippen LogP) is 3.92. The zero-order chi connectivity index (χ0) is 16.6. The first kappa shape index (κ1) is 16.4. The van der Waals surface area contributed by atoms with Crippen molar-refractivity contribution < 1.29 is 13.9 Å². The number of carbonyl (C=O) groups excluding carboxylic acids is 1. The van der Waals surface area contributed by atoms with Gasteiger partial charge in [0.1, 0.15) is 5.82 Å². The summed E-state index contributed by atoms with van der Waals surface area (Å²) in [6.07, 6.45) is 0.744. The molecule has 0 fully saturated rings. The monoisotopic (exact) mass is 354 g/mol. The molecule has 1 aliphatic heterocycles. The van der Waals surface area contributed by atoms with E-state index in [2.05, 4.69) is 10.3 Å². The van der Waals surface area contributed by atoms with Crippen LogP contribution in [0.4, 0.5) is 9.52 Å². The van der Waals surface area contributed by atoms with Crippen molar-refractivity contribution in [3.8, 4) is 0 Å². The number of amides is 1. The molecule has 0 saturated carbocycles. The summed E-state index contributed by atoms with van der Waals surface area (Å²) in [5, 5.41) is 3.31. The number of hydrogen-bond donors (Lipinski definition) is 1. The normalized spacial score (nSPS) is 14.4. The number of halogens is 2. The average Bonchev–Trinajstić information content (AvgIpc) is 2.92. The van der Waals surface area contributed by atoms with E-state index in [1.165, 1.54) is 17.4 Å². The van der Waals surface area contributed by atoms with Gasteiger partial charge in [-0.15, -0.1) is 0 Å². The number of ether oxygens (including phenoxy) is 1. The van der Waals surface area contributed by atoms with Gasteiger partial charge in [-0.25, -0.2) is 9.37 Å². The molecule has 4 nitrogen and oxygen atoms in total. The van der Waals surface area contributed by atoms with E-state index >= 15 is 0 Å². The second kappa shape index (κ2) is 6.19. The molecular weight excluding hydrogens is 339 g/mol. The first-order chi connectivity index (χ1) is 10.9. The molecule has 122 valence electrons. The lowest BCUT2D eigenvalue weighted by Crippen LogP contribution is -2.35. The number of thiazole rings is 1. The van der Waals surface area contributed by atoms with Crippen LogP contribution in [-0.2, 0) is 28.0 Å². The molecule has 23 heavy (non-hydrogen) atoms. The number of aromatic nitrogens is 1. The lowest BCUT2D eigenvalue weighted by Gasteiger charge is -2.24. The summed E-state index contributed by atoms with van der Waals surface area (Å²) in [4.78, 5) is 18.1. The third-order valence-electron chi connectivity index (χ3n) is 3.91. The van der Waals surface area contributed by atoms with Crippen LogP contribution >= 0.6 is 22.9 Å². The van der Waals surface area contributed by atoms with Crippen LogP contribution in [0.1, 0.15) is 30.0 Å². The maximum Gasteiger partial charge on any atom is 0.236 e. The van der Waals surface area contributed by atoms with E-state index in [1.54, 1.807) is 26.0 Å². The minimum atomic E-state index is -1.07. The summed E-state index contributed by atoms with van der Waals surface area (Å²) in [6.45, 7) is 4.49. The highest BCUT2D eigenvalue weighted by Crippen LogP contribution is 2.32. The summed E-state index contributed by atoms with van der Waals surface area (Å²) < 4.78 is 19.6. The van der Waals surface area contributed by atoms with Crippen molar-refractivity contribution in [2.24, 2.45) is 0 Å². The second-order valence-corrected chi connectivity index (χ2v) is 7.36. The Morgan fingerprint density at radius 1 is 1.48 bits per heavy atom. The van der Waals surface area contributed by atoms with E-state index in [9.17, 15) is 9.18 Å². The molecule has 3 rings (SSSR count). The van der Waals surface area contributed by atoms with Crippen LogP contribution in [0.15, 0.2) is 18.2 Å². The minimum Gasteiger partial charge on any atom is -0.375 e. The molecule has 1 N–H and O–H groups in total. The minimum absolute atomic E-state index is 0.00485. The molecule has 7 heteroatoms. The lowest BCUT2D eigenvalue weighted by atomic mass is 9.83. The number of anilines is 1. The van der Waals surface area contributed by atoms with Crippen LogP contribution in [0.3, 0.4) is 0 Å². The number of carbonyl (C=O) groups is 1. The van der Waals surface area contributed by atoms with E-state index in [0.717, 1.165) is 17.0 Å². The van der Waals surface area contributed by atoms with Crippen molar-refractivity contribution in [2.45, 2.75) is 32.3 Å². The number of nitrogens with zero attached hydrogens (tertiary/aromatic N) is 1. The molecule has 1 amide bonds. The van der Waals surface area contributed by atoms with Crippen molar-refractivity contribution in [2.75, 3.05) is 11.9 Å². The Morgan fingerprint density at radius 2 is 2.26 bits per heavy atom. The summed E-state index contributed by atoms with van der Waals surface area (Å²) in [6, 6.07) is 4.67. The Labute approximate surface area is 142 Å². The fourth-order valence-corrected chi connectivity index (χ4v) is 3.56. The SMILES string of the molecule is CC(C)(C(=O)Nc1nc2c(s1)COCC2)c1cccc(Cl)c1F. The molecule has 0 spiro atoms. The van der Waals surface area contributed by atoms with Gasteiger partial charge in [-0.1, -0.05) is 35.1 Å². The Balaban J connectivity index is 1.84. The van der Waals surface area contributed by atoms with E-state index in [0.29, 0.717) is 18.3 Å². The highest BCUT2D eigenvalue weighted by atomic mass is 35.5. The van der Waals surface area contributed by atoms with Gasteiger partial charge in [-0.2, -0.15) is 0 Å². The van der Waals surface area contributed by atoms with Crippen LogP contribution in [-0.4, -0.2) is 17.5 Å². The Bertz CT molecular complexity index is 737. The highest BCUT2D eigenvalue weighted by Gasteiger charge is 2.34. The molecule has 0 aliphatic carbocycles. The molecule has 1 aromatic carbocycles. The summed E-state index contributed by atoms with van der Waals surface area (Å²) >= 11 is 7.22. The summed E-state index contributed by atoms with van der Waals surface area (Å²) in [7, 11) is 0. The van der Waals surface area contributed by atoms with E-state index in [-0.39, 0.29) is 16.5 Å². The van der Waals surface area contributed by atoms with Crippen molar-refractivity contribution in [1.82, 2.24) is 4.98 Å². The smallest absolute Gasteiger partial charge is 0.236 e. The molecule has 0 unspecified atom stereocenters. The zero-order valence-corrected chi connectivity index (χ0v) is 14.4. The standard InChI is InChI=1S/C16H16ClFN2O2S/c1-16(2,9-4-3-5-10(17)13(9)18)14(21)20-15-19-11-6-7-22-8-12(11)23-15/h3-5H,6-8H2,1-2H3,(H,19,20,21). The highest BCUT2D eigenvalue weighted by molar-refractivity contribution is 7.15. The molecule has 0 bridgehead atoms. The number of benzene rings is 1. The molecule has 0 saturated heterocycles. The van der Waals surface area contributed by atoms with Gasteiger partial charge in [0.2, 0.25) is 5.91 Å². The van der Waals surface area contributed by atoms with Crippen LogP contribution in [0.25, 0.3) is 0 Å². The molecule has 1 aromatic heterocycles. The quantitative estimate of drug-likeness (QED) is 0.908. The Morgan fingerprint density at radius 3 is 3.00 bits per heavy atom. The molecular formula is C16H16ClFN2O2S. The van der Waals surface area contributed by atoms with Crippen molar-refractivity contribution in [3.05, 3.63) is 45.2 Å². The molecule has 0 atom stereocenters. The van der Waals surface area contributed by atoms with Crippen molar-refractivity contribution in [3.63, 3.8) is 0 Å². The Hall–Kier alpha value is -1.50. The molecule has 2 aromatic rings. The topological polar surface area (TPSA) is 51.2 Å². The maximum atomic E-state index is 14.2. The van der Waals surface area contributed by atoms with Gasteiger partial charge in [0.05, 0.1) is 34.2 Å². The number of rotatable bonds is 3. The molecule has 0 radical (unpaired) electrons. The zero-order valence-electron chi connectivity index (χ0n) is 12.8. The number of nitrogens with one attached hydrogen (secondary N) is 1.